The number of amides is 1. The molecule has 0 bridgehead atoms. The largest absolute Gasteiger partial charge is 0.478 e. The molecule has 1 fully saturated rings. The number of hydrogen-bond donors (Lipinski definition) is 2. The van der Waals surface area contributed by atoms with Gasteiger partial charge < -0.3 is 9.84 Å². The number of carbonyl (C=O) groups excluding carboxylic acids is 1. The highest BCUT2D eigenvalue weighted by atomic mass is 35.5. The van der Waals surface area contributed by atoms with Crippen molar-refractivity contribution in [1.82, 2.24) is 4.98 Å². The van der Waals surface area contributed by atoms with Crippen molar-refractivity contribution >= 4 is 57.6 Å². The van der Waals surface area contributed by atoms with Gasteiger partial charge in [-0.1, -0.05) is 61.5 Å². The van der Waals surface area contributed by atoms with Crippen LogP contribution in [-0.2, 0) is 16.1 Å². The number of halogens is 3. The molecule has 1 aliphatic rings. The molecule has 4 rings (SSSR count). The van der Waals surface area contributed by atoms with Crippen LogP contribution in [0.4, 0.5) is 9.52 Å². The van der Waals surface area contributed by atoms with Gasteiger partial charge in [-0.25, -0.2) is 14.2 Å². The summed E-state index contributed by atoms with van der Waals surface area (Å²) >= 11 is 13.7. The van der Waals surface area contributed by atoms with Crippen molar-refractivity contribution in [3.05, 3.63) is 73.8 Å². The van der Waals surface area contributed by atoms with E-state index in [1.165, 1.54) is 57.2 Å². The average molecular weight is 606 g/mol. The first kappa shape index (κ1) is 30.2. The first-order valence-corrected chi connectivity index (χ1v) is 14.9. The van der Waals surface area contributed by atoms with E-state index in [0.717, 1.165) is 17.8 Å². The summed E-state index contributed by atoms with van der Waals surface area (Å²) in [6.07, 6.45) is 8.43. The number of benzene rings is 2. The van der Waals surface area contributed by atoms with Crippen molar-refractivity contribution in [2.45, 2.75) is 65.1 Å². The fourth-order valence-electron chi connectivity index (χ4n) is 4.93. The summed E-state index contributed by atoms with van der Waals surface area (Å²) in [6.45, 7) is 3.73. The number of rotatable bonds is 10. The molecule has 0 aliphatic heterocycles. The smallest absolute Gasteiger partial charge is 0.331 e. The van der Waals surface area contributed by atoms with Gasteiger partial charge in [0.15, 0.2) is 5.13 Å². The maximum absolute atomic E-state index is 15.5. The van der Waals surface area contributed by atoms with Gasteiger partial charge in [0.05, 0.1) is 28.5 Å². The predicted molar refractivity (Wildman–Crippen MR) is 159 cm³/mol. The second-order valence-electron chi connectivity index (χ2n) is 9.91. The van der Waals surface area contributed by atoms with E-state index in [4.69, 9.17) is 33.0 Å². The molecule has 212 valence electrons. The number of hydrogen-bond acceptors (Lipinski definition) is 5. The van der Waals surface area contributed by atoms with E-state index in [1.807, 2.05) is 0 Å². The molecule has 0 saturated heterocycles. The molecule has 2 N–H and O–H groups in total. The third kappa shape index (κ3) is 7.29. The number of nitrogens with zero attached hydrogens (tertiary/aromatic N) is 1. The van der Waals surface area contributed by atoms with Gasteiger partial charge in [0, 0.05) is 33.2 Å². The monoisotopic (exact) mass is 604 g/mol. The Morgan fingerprint density at radius 1 is 1.23 bits per heavy atom. The minimum Gasteiger partial charge on any atom is -0.478 e. The number of aromatic nitrogens is 1. The Bertz CT molecular complexity index is 1400. The summed E-state index contributed by atoms with van der Waals surface area (Å²) in [5, 5.41) is 14.0. The van der Waals surface area contributed by atoms with E-state index in [9.17, 15) is 9.59 Å². The molecule has 1 heterocycles. The van der Waals surface area contributed by atoms with Gasteiger partial charge >= 0.3 is 5.97 Å². The molecule has 6 nitrogen and oxygen atoms in total. The summed E-state index contributed by atoms with van der Waals surface area (Å²) in [6, 6.07) is 7.97. The van der Waals surface area contributed by atoms with Gasteiger partial charge in [-0.15, -0.1) is 11.3 Å². The normalized spacial score (nSPS) is 15.2. The van der Waals surface area contributed by atoms with Gasteiger partial charge in [0.25, 0.3) is 5.91 Å². The lowest BCUT2D eigenvalue weighted by Crippen LogP contribution is -2.25. The fourth-order valence-corrected chi connectivity index (χ4v) is 6.24. The van der Waals surface area contributed by atoms with Crippen LogP contribution in [0.15, 0.2) is 41.3 Å². The third-order valence-corrected chi connectivity index (χ3v) is 8.53. The molecule has 1 aromatic heterocycles. The maximum Gasteiger partial charge on any atom is 0.331 e. The molecule has 2 aromatic carbocycles. The Morgan fingerprint density at radius 3 is 2.58 bits per heavy atom. The van der Waals surface area contributed by atoms with Gasteiger partial charge in [0.1, 0.15) is 5.82 Å². The Labute approximate surface area is 247 Å². The predicted octanol–water partition coefficient (Wildman–Crippen LogP) is 8.87. The summed E-state index contributed by atoms with van der Waals surface area (Å²) < 4.78 is 21.7. The summed E-state index contributed by atoms with van der Waals surface area (Å²) in [4.78, 5) is 28.4. The zero-order chi connectivity index (χ0) is 28.8. The highest BCUT2D eigenvalue weighted by Crippen LogP contribution is 2.33. The standard InChI is InChI=1S/C30H31Cl2FN2O4S/c1-3-26(18-8-5-4-6-9-18)39-15-19-10-7-11-21(27(19)33)25-16-40-30(34-25)35-28(36)20-13-23(31)22(24(32)14-20)12-17(2)29(37)38/h7,10-14,16,18,26H,3-6,8-9,15H2,1-2H3,(H,37,38)(H,34,35,36). The van der Waals surface area contributed by atoms with Crippen LogP contribution in [0.1, 0.15) is 73.9 Å². The number of carbonyl (C=O) groups is 2. The lowest BCUT2D eigenvalue weighted by molar-refractivity contribution is -0.132. The summed E-state index contributed by atoms with van der Waals surface area (Å²) in [5.41, 5.74) is 1.74. The Hall–Kier alpha value is -2.78. The SMILES string of the molecule is CCC(OCc1cccc(-c2csc(NC(=O)c3cc(Cl)c(C=C(C)C(=O)O)c(Cl)c3)n2)c1F)C1CCCCC1. The molecule has 40 heavy (non-hydrogen) atoms. The van der Waals surface area contributed by atoms with Crippen LogP contribution in [0.2, 0.25) is 10.0 Å². The van der Waals surface area contributed by atoms with E-state index < -0.39 is 11.9 Å². The number of carboxylic acid groups (broad SMARTS) is 1. The number of nitrogens with one attached hydrogen (secondary N) is 1. The minimum absolute atomic E-state index is 0.0496. The first-order valence-electron chi connectivity index (χ1n) is 13.2. The van der Waals surface area contributed by atoms with Crippen LogP contribution in [0, 0.1) is 11.7 Å². The second-order valence-corrected chi connectivity index (χ2v) is 11.6. The van der Waals surface area contributed by atoms with Crippen molar-refractivity contribution in [1.29, 1.82) is 0 Å². The first-order chi connectivity index (χ1) is 19.2. The van der Waals surface area contributed by atoms with Crippen LogP contribution in [0.3, 0.4) is 0 Å². The average Bonchev–Trinajstić information content (AvgIpc) is 3.40. The van der Waals surface area contributed by atoms with Crippen molar-refractivity contribution in [3.63, 3.8) is 0 Å². The summed E-state index contributed by atoms with van der Waals surface area (Å²) in [7, 11) is 0. The number of ether oxygens (including phenoxy) is 1. The Kier molecular flexibility index (Phi) is 10.4. The minimum atomic E-state index is -1.10. The van der Waals surface area contributed by atoms with Crippen molar-refractivity contribution in [3.8, 4) is 11.3 Å². The molecule has 0 radical (unpaired) electrons. The van der Waals surface area contributed by atoms with E-state index in [2.05, 4.69) is 17.2 Å². The Balaban J connectivity index is 1.45. The van der Waals surface area contributed by atoms with E-state index >= 15 is 4.39 Å². The molecule has 1 saturated carbocycles. The lowest BCUT2D eigenvalue weighted by Gasteiger charge is -2.29. The number of aliphatic carboxylic acids is 1. The van der Waals surface area contributed by atoms with Crippen LogP contribution >= 0.6 is 34.5 Å². The molecule has 1 aliphatic carbocycles. The quantitative estimate of drug-likeness (QED) is 0.226. The number of carboxylic acids is 1. The second kappa shape index (κ2) is 13.7. The van der Waals surface area contributed by atoms with Gasteiger partial charge in [0.2, 0.25) is 0 Å². The van der Waals surface area contributed by atoms with Gasteiger partial charge in [-0.3, -0.25) is 10.1 Å². The lowest BCUT2D eigenvalue weighted by atomic mass is 9.84. The van der Waals surface area contributed by atoms with Gasteiger partial charge in [-0.2, -0.15) is 0 Å². The van der Waals surface area contributed by atoms with E-state index in [0.29, 0.717) is 28.3 Å². The molecule has 1 unspecified atom stereocenters. The van der Waals surface area contributed by atoms with Crippen LogP contribution in [0.25, 0.3) is 17.3 Å². The van der Waals surface area contributed by atoms with Crippen LogP contribution in [-0.4, -0.2) is 28.1 Å². The highest BCUT2D eigenvalue weighted by Gasteiger charge is 2.24. The molecule has 10 heteroatoms. The fraction of sp³-hybridized carbons (Fsp3) is 0.367. The van der Waals surface area contributed by atoms with Crippen LogP contribution in [0.5, 0.6) is 0 Å². The summed E-state index contributed by atoms with van der Waals surface area (Å²) in [5.74, 6) is -1.47. The van der Waals surface area contributed by atoms with Crippen molar-refractivity contribution in [2.75, 3.05) is 5.32 Å². The number of thiazole rings is 1. The molecule has 1 atom stereocenters. The van der Waals surface area contributed by atoms with Gasteiger partial charge in [-0.05, 0) is 56.4 Å². The molecular formula is C30H31Cl2FN2O4S. The van der Waals surface area contributed by atoms with E-state index in [-0.39, 0.29) is 44.8 Å². The van der Waals surface area contributed by atoms with Crippen LogP contribution < -0.4 is 5.32 Å². The Morgan fingerprint density at radius 2 is 1.93 bits per heavy atom. The molecule has 1 amide bonds. The van der Waals surface area contributed by atoms with Crippen molar-refractivity contribution < 1.29 is 23.8 Å². The highest BCUT2D eigenvalue weighted by molar-refractivity contribution is 7.14. The zero-order valence-electron chi connectivity index (χ0n) is 22.3. The molecular weight excluding hydrogens is 574 g/mol. The third-order valence-electron chi connectivity index (χ3n) is 7.15. The maximum atomic E-state index is 15.5. The number of anilines is 1. The van der Waals surface area contributed by atoms with Crippen molar-refractivity contribution in [2.24, 2.45) is 5.92 Å². The molecule has 3 aromatic rings. The zero-order valence-corrected chi connectivity index (χ0v) is 24.6. The topological polar surface area (TPSA) is 88.5 Å². The van der Waals surface area contributed by atoms with E-state index in [1.54, 1.807) is 23.6 Å². The molecule has 0 spiro atoms.